The van der Waals surface area contributed by atoms with Crippen LogP contribution in [0.1, 0.15) is 18.5 Å². The monoisotopic (exact) mass is 335 g/mol. The molecule has 8 heteroatoms. The van der Waals surface area contributed by atoms with E-state index in [0.29, 0.717) is 0 Å². The predicted octanol–water partition coefficient (Wildman–Crippen LogP) is 3.16. The van der Waals surface area contributed by atoms with Gasteiger partial charge in [-0.3, -0.25) is 14.9 Å². The van der Waals surface area contributed by atoms with E-state index in [1.54, 1.807) is 6.92 Å². The van der Waals surface area contributed by atoms with E-state index in [-0.39, 0.29) is 23.5 Å². The minimum atomic E-state index is -0.700. The second kappa shape index (κ2) is 7.60. The van der Waals surface area contributed by atoms with Crippen LogP contribution < -0.4 is 10.6 Å². The fourth-order valence-electron chi connectivity index (χ4n) is 2.11. The van der Waals surface area contributed by atoms with Crippen molar-refractivity contribution in [3.05, 3.63) is 69.8 Å². The first kappa shape index (κ1) is 17.5. The van der Waals surface area contributed by atoms with Gasteiger partial charge in [-0.2, -0.15) is 0 Å². The SMILES string of the molecule is C[C@@H](NCC(=O)Nc1cccc([N+](=O)[O-])c1)c1ccc(F)cc1F. The molecule has 0 heterocycles. The number of anilines is 1. The Morgan fingerprint density at radius 2 is 2.00 bits per heavy atom. The Balaban J connectivity index is 1.93. The molecular weight excluding hydrogens is 320 g/mol. The van der Waals surface area contributed by atoms with Crippen LogP contribution in [0.3, 0.4) is 0 Å². The third-order valence-electron chi connectivity index (χ3n) is 3.34. The molecular formula is C16H15F2N3O3. The first-order valence-electron chi connectivity index (χ1n) is 7.09. The molecule has 0 aliphatic heterocycles. The molecule has 0 aromatic heterocycles. The Bertz CT molecular complexity index is 768. The lowest BCUT2D eigenvalue weighted by atomic mass is 10.1. The second-order valence-corrected chi connectivity index (χ2v) is 5.12. The van der Waals surface area contributed by atoms with Gasteiger partial charge in [-0.05, 0) is 19.1 Å². The number of nitro benzene ring substituents is 1. The van der Waals surface area contributed by atoms with Gasteiger partial charge in [0.2, 0.25) is 5.91 Å². The van der Waals surface area contributed by atoms with Gasteiger partial charge in [-0.1, -0.05) is 12.1 Å². The van der Waals surface area contributed by atoms with Crippen molar-refractivity contribution in [3.63, 3.8) is 0 Å². The molecule has 0 unspecified atom stereocenters. The van der Waals surface area contributed by atoms with Gasteiger partial charge in [0.25, 0.3) is 5.69 Å². The fraction of sp³-hybridized carbons (Fsp3) is 0.188. The number of rotatable bonds is 6. The van der Waals surface area contributed by atoms with Crippen molar-refractivity contribution in [2.75, 3.05) is 11.9 Å². The maximum absolute atomic E-state index is 13.6. The van der Waals surface area contributed by atoms with Crippen molar-refractivity contribution in [2.45, 2.75) is 13.0 Å². The molecule has 6 nitrogen and oxygen atoms in total. The smallest absolute Gasteiger partial charge is 0.271 e. The number of hydrogen-bond acceptors (Lipinski definition) is 4. The molecule has 0 spiro atoms. The van der Waals surface area contributed by atoms with Crippen LogP contribution in [0.4, 0.5) is 20.2 Å². The number of carbonyl (C=O) groups is 1. The third kappa shape index (κ3) is 4.56. The summed E-state index contributed by atoms with van der Waals surface area (Å²) < 4.78 is 26.5. The molecule has 24 heavy (non-hydrogen) atoms. The molecule has 2 aromatic carbocycles. The van der Waals surface area contributed by atoms with E-state index in [4.69, 9.17) is 0 Å². The molecule has 0 aliphatic rings. The molecule has 1 atom stereocenters. The summed E-state index contributed by atoms with van der Waals surface area (Å²) in [6.45, 7) is 1.50. The number of carbonyl (C=O) groups excluding carboxylic acids is 1. The van der Waals surface area contributed by atoms with Gasteiger partial charge in [0.15, 0.2) is 0 Å². The minimum absolute atomic E-state index is 0.137. The van der Waals surface area contributed by atoms with Crippen LogP contribution in [0.5, 0.6) is 0 Å². The molecule has 0 bridgehead atoms. The Morgan fingerprint density at radius 1 is 1.25 bits per heavy atom. The third-order valence-corrected chi connectivity index (χ3v) is 3.34. The Kier molecular flexibility index (Phi) is 5.54. The van der Waals surface area contributed by atoms with Crippen LogP contribution in [0.2, 0.25) is 0 Å². The van der Waals surface area contributed by atoms with Gasteiger partial charge in [-0.15, -0.1) is 0 Å². The fourth-order valence-corrected chi connectivity index (χ4v) is 2.11. The lowest BCUT2D eigenvalue weighted by Gasteiger charge is -2.15. The van der Waals surface area contributed by atoms with Gasteiger partial charge in [0.1, 0.15) is 11.6 Å². The molecule has 0 aliphatic carbocycles. The molecule has 2 rings (SSSR count). The van der Waals surface area contributed by atoms with Crippen molar-refractivity contribution in [2.24, 2.45) is 0 Å². The summed E-state index contributed by atoms with van der Waals surface area (Å²) in [7, 11) is 0. The van der Waals surface area contributed by atoms with Crippen LogP contribution in [0.25, 0.3) is 0 Å². The van der Waals surface area contributed by atoms with Crippen LogP contribution >= 0.6 is 0 Å². The zero-order valence-electron chi connectivity index (χ0n) is 12.8. The van der Waals surface area contributed by atoms with Crippen molar-refractivity contribution < 1.29 is 18.5 Å². The molecule has 0 fully saturated rings. The number of nitro groups is 1. The van der Waals surface area contributed by atoms with Crippen LogP contribution in [-0.4, -0.2) is 17.4 Å². The van der Waals surface area contributed by atoms with Crippen LogP contribution in [0.15, 0.2) is 42.5 Å². The number of hydrogen-bond donors (Lipinski definition) is 2. The molecule has 2 aromatic rings. The van der Waals surface area contributed by atoms with Crippen LogP contribution in [-0.2, 0) is 4.79 Å². The highest BCUT2D eigenvalue weighted by Crippen LogP contribution is 2.18. The van der Waals surface area contributed by atoms with E-state index in [2.05, 4.69) is 10.6 Å². The molecule has 2 N–H and O–H groups in total. The summed E-state index contributed by atoms with van der Waals surface area (Å²) in [5.74, 6) is -1.81. The Hall–Kier alpha value is -2.87. The highest BCUT2D eigenvalue weighted by atomic mass is 19.1. The van der Waals surface area contributed by atoms with Crippen LogP contribution in [0, 0.1) is 21.7 Å². The normalized spacial score (nSPS) is 11.8. The van der Waals surface area contributed by atoms with Crippen molar-refractivity contribution in [3.8, 4) is 0 Å². The van der Waals surface area contributed by atoms with E-state index in [1.165, 1.54) is 30.3 Å². The van der Waals surface area contributed by atoms with E-state index in [9.17, 15) is 23.7 Å². The lowest BCUT2D eigenvalue weighted by molar-refractivity contribution is -0.384. The number of nitrogens with one attached hydrogen (secondary N) is 2. The number of amides is 1. The lowest BCUT2D eigenvalue weighted by Crippen LogP contribution is -2.30. The van der Waals surface area contributed by atoms with E-state index >= 15 is 0 Å². The molecule has 126 valence electrons. The highest BCUT2D eigenvalue weighted by molar-refractivity contribution is 5.92. The summed E-state index contributed by atoms with van der Waals surface area (Å²) in [5, 5.41) is 16.0. The molecule has 0 saturated heterocycles. The molecule has 0 radical (unpaired) electrons. The van der Waals surface area contributed by atoms with E-state index in [1.807, 2.05) is 0 Å². The largest absolute Gasteiger partial charge is 0.325 e. The summed E-state index contributed by atoms with van der Waals surface area (Å²) in [6.07, 6.45) is 0. The molecule has 1 amide bonds. The van der Waals surface area contributed by atoms with Crippen molar-refractivity contribution in [1.82, 2.24) is 5.32 Å². The quantitative estimate of drug-likeness (QED) is 0.627. The van der Waals surface area contributed by atoms with Crippen molar-refractivity contribution in [1.29, 1.82) is 0 Å². The standard InChI is InChI=1S/C16H15F2N3O3/c1-10(14-6-5-11(17)7-15(14)18)19-9-16(22)20-12-3-2-4-13(8-12)21(23)24/h2-8,10,19H,9H2,1H3,(H,20,22)/t10-/m1/s1. The molecule has 0 saturated carbocycles. The summed E-state index contributed by atoms with van der Waals surface area (Å²) in [5.41, 5.74) is 0.388. The van der Waals surface area contributed by atoms with Gasteiger partial charge >= 0.3 is 0 Å². The van der Waals surface area contributed by atoms with Gasteiger partial charge in [-0.25, -0.2) is 8.78 Å². The maximum Gasteiger partial charge on any atom is 0.271 e. The second-order valence-electron chi connectivity index (χ2n) is 5.12. The Morgan fingerprint density at radius 3 is 2.67 bits per heavy atom. The first-order chi connectivity index (χ1) is 11.4. The minimum Gasteiger partial charge on any atom is -0.325 e. The summed E-state index contributed by atoms with van der Waals surface area (Å²) >= 11 is 0. The van der Waals surface area contributed by atoms with Gasteiger partial charge in [0.05, 0.1) is 11.5 Å². The average Bonchev–Trinajstić information content (AvgIpc) is 2.53. The van der Waals surface area contributed by atoms with Gasteiger partial charge < -0.3 is 10.6 Å². The Labute approximate surface area is 136 Å². The topological polar surface area (TPSA) is 84.3 Å². The zero-order valence-corrected chi connectivity index (χ0v) is 12.8. The number of non-ortho nitro benzene ring substituents is 1. The van der Waals surface area contributed by atoms with Gasteiger partial charge in [0, 0.05) is 35.5 Å². The van der Waals surface area contributed by atoms with E-state index in [0.717, 1.165) is 12.1 Å². The first-order valence-corrected chi connectivity index (χ1v) is 7.09. The predicted molar refractivity (Wildman–Crippen MR) is 84.5 cm³/mol. The number of nitrogens with zero attached hydrogens (tertiary/aromatic N) is 1. The summed E-state index contributed by atoms with van der Waals surface area (Å²) in [6, 6.07) is 8.23. The highest BCUT2D eigenvalue weighted by Gasteiger charge is 2.13. The van der Waals surface area contributed by atoms with Crippen molar-refractivity contribution >= 4 is 17.3 Å². The zero-order chi connectivity index (χ0) is 17.7. The average molecular weight is 335 g/mol. The maximum atomic E-state index is 13.6. The summed E-state index contributed by atoms with van der Waals surface area (Å²) in [4.78, 5) is 22.0. The number of halogens is 2. The number of benzene rings is 2. The van der Waals surface area contributed by atoms with E-state index < -0.39 is 28.5 Å².